The maximum Gasteiger partial charge on any atom is 0.387 e. The Balaban J connectivity index is 0.000000151. The first-order chi connectivity index (χ1) is 59.0. The van der Waals surface area contributed by atoms with E-state index in [1.165, 1.54) is 56.4 Å². The highest BCUT2D eigenvalue weighted by Gasteiger charge is 2.83. The van der Waals surface area contributed by atoms with Crippen LogP contribution in [0.25, 0.3) is 0 Å². The molecule has 0 spiro atoms. The molecule has 14 aliphatic rings. The third-order valence-corrected chi connectivity index (χ3v) is 34.7. The maximum atomic E-state index is 17.6. The molecule has 690 valence electrons. The molecule has 11 fully saturated rings. The van der Waals surface area contributed by atoms with Gasteiger partial charge in [-0.25, -0.2) is 31.9 Å². The van der Waals surface area contributed by atoms with Gasteiger partial charge in [-0.2, -0.15) is 0 Å². The molecule has 29 nitrogen and oxygen atoms in total. The number of rotatable bonds is 22. The molecule has 16 rings (SSSR count). The minimum Gasteiger partial charge on any atom is -0.464 e. The van der Waals surface area contributed by atoms with Crippen molar-refractivity contribution in [3.05, 3.63) is 132 Å². The Hall–Kier alpha value is -7.20. The van der Waals surface area contributed by atoms with Gasteiger partial charge in [-0.15, -0.1) is 0 Å². The van der Waals surface area contributed by atoms with E-state index in [1.807, 2.05) is 6.92 Å². The van der Waals surface area contributed by atoms with E-state index in [-0.39, 0.29) is 74.3 Å². The second kappa shape index (κ2) is 34.5. The number of ether oxygens (including phenoxy) is 6. The fraction of sp³-hybridized carbons (Fsp3) is 0.641. The molecule has 2 aliphatic heterocycles. The molecule has 0 amide bonds. The number of hydrogen-bond acceptors (Lipinski definition) is 29. The lowest BCUT2D eigenvalue weighted by molar-refractivity contribution is -0.246. The number of aldehydes is 1. The van der Waals surface area contributed by atoms with E-state index in [0.29, 0.717) is 68.1 Å². The summed E-state index contributed by atoms with van der Waals surface area (Å²) in [5, 5.41) is 85.2. The minimum atomic E-state index is -4.24. The van der Waals surface area contributed by atoms with Gasteiger partial charge in [-0.1, -0.05) is 92.1 Å². The molecule has 34 heteroatoms. The summed E-state index contributed by atoms with van der Waals surface area (Å²) in [6.07, 6.45) is 4.28. The number of halogens is 3. The van der Waals surface area contributed by atoms with Gasteiger partial charge in [0.2, 0.25) is 0 Å². The number of carbonyl (C=O) groups excluding carboxylic acids is 9. The Labute approximate surface area is 729 Å². The molecule has 126 heavy (non-hydrogen) atoms. The summed E-state index contributed by atoms with van der Waals surface area (Å²) in [6.45, 7) is 17.6. The van der Waals surface area contributed by atoms with Crippen molar-refractivity contribution in [3.8, 4) is 11.5 Å². The molecular formula is C92H117F3O29P2. The summed E-state index contributed by atoms with van der Waals surface area (Å²) in [4.78, 5) is 110. The average Bonchev–Trinajstić information content (AvgIpc) is 1.47. The highest BCUT2D eigenvalue weighted by atomic mass is 31.2. The van der Waals surface area contributed by atoms with Gasteiger partial charge in [0.1, 0.15) is 49.9 Å². The number of benzene rings is 2. The van der Waals surface area contributed by atoms with Gasteiger partial charge in [-0.3, -0.25) is 37.8 Å². The van der Waals surface area contributed by atoms with Crippen LogP contribution >= 0.6 is 15.2 Å². The number of allylic oxidation sites excluding steroid dienone is 12. The molecule has 9 saturated carbocycles. The fourth-order valence-corrected chi connectivity index (χ4v) is 28.5. The second-order valence-corrected chi connectivity index (χ2v) is 41.8. The maximum absolute atomic E-state index is 17.6. The normalized spacial score (nSPS) is 42.0. The predicted octanol–water partition coefficient (Wildman–Crippen LogP) is 9.71. The van der Waals surface area contributed by atoms with Gasteiger partial charge >= 0.3 is 27.1 Å². The van der Waals surface area contributed by atoms with E-state index in [9.17, 15) is 93.1 Å². The zero-order valence-corrected chi connectivity index (χ0v) is 74.6. The summed E-state index contributed by atoms with van der Waals surface area (Å²) in [5.41, 5.74) is -16.5. The Morgan fingerprint density at radius 1 is 0.508 bits per heavy atom. The van der Waals surface area contributed by atoms with Gasteiger partial charge in [0.25, 0.3) is 0 Å². The van der Waals surface area contributed by atoms with E-state index in [4.69, 9.17) is 46.5 Å². The predicted molar refractivity (Wildman–Crippen MR) is 443 cm³/mol. The SMILES string of the molecule is CC1(C)O[C@@H]2C[C@H]3[C@@H]4CCC5=CC(=O)C=C[C@]5(C)[C@@]4(F)[C@@H](O)C[C@]3(C)[C@]2(C(=O)CO)O1.CCOC(=O)[C@@H](C)OP(=O)(CC1O[C@@H]2C[C@H]3[C@@H]4CCC5=CC(=O)C=C[C@]5(C)[C@@]4(F)[C@@H](O)C[C@]3(C)[C@]2(C(=O)CO)O1)Oc1ccccc1.CCOC(=O)[C@@H](C)OP(=O)(CC=O)Oc1ccccc1.C[C@]12C=CC(=O)C=C1CC[C@H]1[C@@H]3C[C@@H](O)[C@](O)(C(=O)CO)[C@@]3(C)C[C@H](O)[C@@]12F. The lowest BCUT2D eigenvalue weighted by Crippen LogP contribution is -2.70. The average molecular weight is 1810 g/mol. The lowest BCUT2D eigenvalue weighted by Gasteiger charge is -2.62. The van der Waals surface area contributed by atoms with Gasteiger partial charge in [0.15, 0.2) is 92.8 Å². The number of hydrogen-bond donors (Lipinski definition) is 8. The lowest BCUT2D eigenvalue weighted by atomic mass is 9.44. The van der Waals surface area contributed by atoms with Crippen molar-refractivity contribution in [1.29, 1.82) is 0 Å². The highest BCUT2D eigenvalue weighted by molar-refractivity contribution is 7.55. The molecule has 0 radical (unpaired) electrons. The number of ketones is 6. The van der Waals surface area contributed by atoms with Crippen LogP contribution in [0.2, 0.25) is 0 Å². The van der Waals surface area contributed by atoms with Crippen LogP contribution < -0.4 is 9.05 Å². The van der Waals surface area contributed by atoms with Crippen LogP contribution in [-0.2, 0) is 89.7 Å². The van der Waals surface area contributed by atoms with Crippen molar-refractivity contribution in [2.45, 2.75) is 255 Å². The molecular weight excluding hydrogens is 1690 g/mol. The largest absolute Gasteiger partial charge is 0.464 e. The van der Waals surface area contributed by atoms with E-state index in [0.717, 1.165) is 5.57 Å². The molecule has 2 aromatic carbocycles. The topological polar surface area (TPSA) is 442 Å². The molecule has 2 saturated heterocycles. The summed E-state index contributed by atoms with van der Waals surface area (Å²) in [5.74, 6) is -7.89. The van der Waals surface area contributed by atoms with Crippen LogP contribution in [-0.4, -0.2) is 234 Å². The highest BCUT2D eigenvalue weighted by Crippen LogP contribution is 2.76. The summed E-state index contributed by atoms with van der Waals surface area (Å²) < 4.78 is 135. The number of aliphatic hydroxyl groups excluding tert-OH is 7. The van der Waals surface area contributed by atoms with Gasteiger partial charge < -0.3 is 83.1 Å². The quantitative estimate of drug-likeness (QED) is 0.0309. The van der Waals surface area contributed by atoms with Crippen molar-refractivity contribution in [2.24, 2.45) is 68.0 Å². The number of alkyl halides is 3. The fourth-order valence-electron chi connectivity index (χ4n) is 25.4. The summed E-state index contributed by atoms with van der Waals surface area (Å²) >= 11 is 0. The van der Waals surface area contributed by atoms with Crippen LogP contribution in [0.3, 0.4) is 0 Å². The van der Waals surface area contributed by atoms with E-state index in [1.54, 1.807) is 135 Å². The first-order valence-corrected chi connectivity index (χ1v) is 46.7. The molecule has 0 aromatic heterocycles. The molecule has 2 aromatic rings. The zero-order chi connectivity index (χ0) is 92.3. The first kappa shape index (κ1) is 96.4. The Morgan fingerprint density at radius 2 is 0.881 bits per heavy atom. The molecule has 3 unspecified atom stereocenters. The second-order valence-electron chi connectivity index (χ2n) is 37.8. The van der Waals surface area contributed by atoms with Crippen molar-refractivity contribution >= 4 is 68.1 Å². The van der Waals surface area contributed by atoms with Crippen LogP contribution in [0.5, 0.6) is 11.5 Å². The number of esters is 2. The third-order valence-electron chi connectivity index (χ3n) is 31.1. The smallest absolute Gasteiger partial charge is 0.387 e. The Kier molecular flexibility index (Phi) is 26.4. The van der Waals surface area contributed by atoms with Crippen molar-refractivity contribution in [2.75, 3.05) is 45.4 Å². The standard InChI is InChI=1S/C34H42FO11P.C24H31FO6.C21H27FO6.C13H17O6P/c1-5-42-30(40)20(2)45-47(41,46-23-9-7-6-8-10-23)19-29-43-28-16-25-24-12-11-21-15-22(37)13-14-31(21,3)33(24,35)26(38)17-32(25,4)34(28,44-29)27(39)18-36;1-20(2)30-19-10-16-15-6-5-13-9-14(27)7-8-21(13,3)23(15,25)17(28)11-22(16,4)24(19,31-20)18(29)12-26;1-18-6-5-12(24)7-11(18)3-4-13-14-8-15(25)21(28,17(27)10-23)19(14,2)9-16(26)20(13,18)22;1-3-17-13(15)11(2)18-20(16,10-9-14)19-12-7-5-4-6-8-12/h6-10,13-15,20,24-26,28-29,36,38H,5,11-12,16-19H2,1-4H3;7-9,15-17,19,26,28H,5-6,10-12H2,1-4H3;5-7,13-16,23,25-26,28H,3-4,8-10H2,1-2H3;4-9,11H,3,10H2,1-2H3/t20-,24+,25+,26+,28-,29?,31+,32+,33+,34-,47?;15-,16-,17-,19+,21-,22-,23-,24+;13-,14-,15+,16-,18-,19-,20-,21-;11-,20?/m1001/s1. The Bertz CT molecular complexity index is 4920. The van der Waals surface area contributed by atoms with Crippen LogP contribution in [0.1, 0.15) is 160 Å². The van der Waals surface area contributed by atoms with E-state index >= 15 is 13.2 Å². The molecule has 29 atom stereocenters. The molecule has 8 N–H and O–H groups in total. The van der Waals surface area contributed by atoms with E-state index in [2.05, 4.69) is 0 Å². The summed E-state index contributed by atoms with van der Waals surface area (Å²) in [7, 11) is -7.99. The van der Waals surface area contributed by atoms with Gasteiger partial charge in [0, 0.05) is 50.2 Å². The third kappa shape index (κ3) is 14.9. The van der Waals surface area contributed by atoms with Gasteiger partial charge in [0.05, 0.1) is 49.8 Å². The number of fused-ring (bicyclic) bond motifs is 19. The number of aliphatic hydroxyl groups is 8. The van der Waals surface area contributed by atoms with Crippen LogP contribution in [0.15, 0.2) is 132 Å². The molecule has 2 heterocycles. The van der Waals surface area contributed by atoms with Crippen LogP contribution in [0.4, 0.5) is 13.2 Å². The number of Topliss-reactive ketones (excluding diaryl/α,β-unsaturated/α-hetero) is 3. The number of para-hydroxylation sites is 2. The van der Waals surface area contributed by atoms with Crippen molar-refractivity contribution in [1.82, 2.24) is 0 Å². The van der Waals surface area contributed by atoms with E-state index < -0.39 is 233 Å². The van der Waals surface area contributed by atoms with Crippen LogP contribution in [0, 0.1) is 68.0 Å². The van der Waals surface area contributed by atoms with Crippen molar-refractivity contribution < 1.29 is 153 Å². The van der Waals surface area contributed by atoms with Gasteiger partial charge in [-0.05, 0) is 218 Å². The summed E-state index contributed by atoms with van der Waals surface area (Å²) in [6, 6.07) is 16.5. The number of carbonyl (C=O) groups is 9. The first-order valence-electron chi connectivity index (χ1n) is 43.3. The zero-order valence-electron chi connectivity index (χ0n) is 72.8. The molecule has 12 aliphatic carbocycles. The minimum absolute atomic E-state index is 0.0109. The Morgan fingerprint density at radius 3 is 1.29 bits per heavy atom. The van der Waals surface area contributed by atoms with Crippen molar-refractivity contribution in [3.63, 3.8) is 0 Å². The monoisotopic (exact) mass is 1800 g/mol. The molecule has 0 bridgehead atoms.